The quantitative estimate of drug-likeness (QED) is 0.404. The van der Waals surface area contributed by atoms with Crippen molar-refractivity contribution in [3.63, 3.8) is 0 Å². The average molecular weight is 464 g/mol. The fourth-order valence-corrected chi connectivity index (χ4v) is 7.62. The van der Waals surface area contributed by atoms with Gasteiger partial charge in [0.15, 0.2) is 10.0 Å². The highest BCUT2D eigenvalue weighted by atomic mass is 32.3. The van der Waals surface area contributed by atoms with Crippen LogP contribution in [-0.4, -0.2) is 46.8 Å². The number of esters is 1. The van der Waals surface area contributed by atoms with Crippen molar-refractivity contribution in [2.45, 2.75) is 56.1 Å². The second kappa shape index (κ2) is 7.04. The van der Waals surface area contributed by atoms with Crippen LogP contribution in [0.1, 0.15) is 44.9 Å². The van der Waals surface area contributed by atoms with Gasteiger partial charge in [-0.25, -0.2) is 16.8 Å². The van der Waals surface area contributed by atoms with Crippen LogP contribution >= 0.6 is 0 Å². The van der Waals surface area contributed by atoms with Crippen molar-refractivity contribution in [3.05, 3.63) is 4.13 Å². The second-order valence-corrected chi connectivity index (χ2v) is 12.1. The first-order chi connectivity index (χ1) is 13.1. The number of rotatable bonds is 8. The molecule has 29 heavy (non-hydrogen) atoms. The van der Waals surface area contributed by atoms with Crippen molar-refractivity contribution in [3.8, 4) is 0 Å². The summed E-state index contributed by atoms with van der Waals surface area (Å²) in [7, 11) is -11.2. The highest BCUT2D eigenvalue weighted by molar-refractivity contribution is 8.12. The number of halogens is 4. The van der Waals surface area contributed by atoms with Gasteiger partial charge in [0.25, 0.3) is 0 Å². The fraction of sp³-hybridized carbons (Fsp3) is 0.938. The number of carbonyl (C=O) groups is 1. The third-order valence-electron chi connectivity index (χ3n) is 6.10. The summed E-state index contributed by atoms with van der Waals surface area (Å²) in [6.45, 7) is -1.11. The zero-order chi connectivity index (χ0) is 21.9. The minimum absolute atomic E-state index is 0.187. The van der Waals surface area contributed by atoms with Crippen molar-refractivity contribution in [2.75, 3.05) is 12.9 Å². The number of hydrogen-bond donors (Lipinski definition) is 0. The number of sulfonamides is 2. The molecule has 0 saturated heterocycles. The molecule has 0 unspecified atom stereocenters. The Morgan fingerprint density at radius 1 is 1.00 bits per heavy atom. The highest BCUT2D eigenvalue weighted by Crippen LogP contribution is 2.60. The molecule has 13 heteroatoms. The topological polar surface area (TPSA) is 109 Å². The number of nitrogens with zero attached hydrogens (tertiary/aromatic N) is 1. The monoisotopic (exact) mass is 464 g/mol. The molecule has 0 radical (unpaired) electrons. The molecule has 4 bridgehead atoms. The van der Waals surface area contributed by atoms with Gasteiger partial charge >= 0.3 is 17.1 Å². The van der Waals surface area contributed by atoms with Gasteiger partial charge in [-0.15, -0.1) is 0 Å². The summed E-state index contributed by atoms with van der Waals surface area (Å²) in [5, 5.41) is -5.77. The molecule has 7 nitrogen and oxygen atoms in total. The lowest BCUT2D eigenvalue weighted by Gasteiger charge is -2.55. The van der Waals surface area contributed by atoms with E-state index in [-0.39, 0.29) is 6.26 Å². The van der Waals surface area contributed by atoms with Gasteiger partial charge < -0.3 is 8.86 Å². The maximum atomic E-state index is 13.9. The molecule has 0 aromatic heterocycles. The van der Waals surface area contributed by atoms with Gasteiger partial charge in [-0.1, -0.05) is 0 Å². The molecule has 0 heterocycles. The first-order valence-corrected chi connectivity index (χ1v) is 12.5. The van der Waals surface area contributed by atoms with Crippen molar-refractivity contribution in [1.29, 1.82) is 0 Å². The first-order valence-electron chi connectivity index (χ1n) is 9.19. The molecule has 4 aliphatic carbocycles. The summed E-state index contributed by atoms with van der Waals surface area (Å²) in [5.74, 6) is -4.76. The van der Waals surface area contributed by atoms with E-state index in [2.05, 4.69) is 0 Å². The lowest BCUT2D eigenvalue weighted by Crippen LogP contribution is -2.51. The van der Waals surface area contributed by atoms with Crippen LogP contribution in [0.3, 0.4) is 0 Å². The van der Waals surface area contributed by atoms with E-state index in [1.807, 2.05) is 4.13 Å². The molecule has 0 amide bonds. The lowest BCUT2D eigenvalue weighted by molar-refractivity contribution is -0.184. The predicted molar refractivity (Wildman–Crippen MR) is 93.2 cm³/mol. The lowest BCUT2D eigenvalue weighted by atomic mass is 9.49. The Morgan fingerprint density at radius 3 is 1.86 bits per heavy atom. The molecule has 4 fully saturated rings. The number of carbonyl (C=O) groups excluding carboxylic acids is 1. The van der Waals surface area contributed by atoms with E-state index < -0.39 is 55.6 Å². The average Bonchev–Trinajstić information content (AvgIpc) is 2.50. The molecular weight excluding hydrogens is 442 g/mol. The standard InChI is InChI=1S/C16H22F4NO6S2/c1-28(23,24)21-29(25,26)16(19,20)15(17,18)2-3-27-13(22)14-7-10-4-11(8-14)6-12(5-10)9-14/h10-12H,2-9H2,1H3/q-1. The Kier molecular flexibility index (Phi) is 5.52. The molecule has 0 aromatic rings. The smallest absolute Gasteiger partial charge is 0.391 e. The summed E-state index contributed by atoms with van der Waals surface area (Å²) in [5.41, 5.74) is -0.774. The van der Waals surface area contributed by atoms with Crippen molar-refractivity contribution in [2.24, 2.45) is 23.2 Å². The zero-order valence-electron chi connectivity index (χ0n) is 15.6. The minimum Gasteiger partial charge on any atom is -0.465 e. The molecule has 0 N–H and O–H groups in total. The Balaban J connectivity index is 1.62. The van der Waals surface area contributed by atoms with Crippen LogP contribution in [0, 0.1) is 23.2 Å². The Bertz CT molecular complexity index is 852. The largest absolute Gasteiger partial charge is 0.465 e. The van der Waals surface area contributed by atoms with Gasteiger partial charge in [-0.3, -0.25) is 4.79 Å². The van der Waals surface area contributed by atoms with Crippen LogP contribution in [0.25, 0.3) is 4.13 Å². The SMILES string of the molecule is CS(=O)(=O)[N-]S(=O)(=O)C(F)(F)C(F)(F)CCOC(=O)C12CC3CC(CC(C3)C1)C2. The number of ether oxygens (including phenoxy) is 1. The van der Waals surface area contributed by atoms with Crippen LogP contribution < -0.4 is 0 Å². The van der Waals surface area contributed by atoms with Crippen LogP contribution in [0.4, 0.5) is 17.6 Å². The summed E-state index contributed by atoms with van der Waals surface area (Å²) in [4.78, 5) is 12.5. The van der Waals surface area contributed by atoms with Gasteiger partial charge in [0.05, 0.1) is 28.5 Å². The predicted octanol–water partition coefficient (Wildman–Crippen LogP) is 3.03. The molecule has 4 aliphatic rings. The summed E-state index contributed by atoms with van der Waals surface area (Å²) >= 11 is 0. The summed E-state index contributed by atoms with van der Waals surface area (Å²) in [6, 6.07) is 0. The molecule has 0 aromatic carbocycles. The minimum atomic E-state index is -6.35. The van der Waals surface area contributed by atoms with E-state index in [0.29, 0.717) is 37.0 Å². The van der Waals surface area contributed by atoms with Crippen LogP contribution in [0.2, 0.25) is 0 Å². The molecule has 0 spiro atoms. The van der Waals surface area contributed by atoms with Crippen molar-refractivity contribution in [1.82, 2.24) is 0 Å². The van der Waals surface area contributed by atoms with E-state index in [1.54, 1.807) is 0 Å². The molecule has 0 aliphatic heterocycles. The third kappa shape index (κ3) is 4.27. The second-order valence-electron chi connectivity index (χ2n) is 8.59. The number of hydrogen-bond acceptors (Lipinski definition) is 6. The highest BCUT2D eigenvalue weighted by Gasteiger charge is 2.62. The molecule has 4 rings (SSSR count). The molecule has 168 valence electrons. The molecule has 0 atom stereocenters. The molecule has 4 saturated carbocycles. The third-order valence-corrected chi connectivity index (χ3v) is 8.92. The van der Waals surface area contributed by atoms with Gasteiger partial charge in [0.1, 0.15) is 0 Å². The van der Waals surface area contributed by atoms with Crippen LogP contribution in [-0.2, 0) is 29.6 Å². The van der Waals surface area contributed by atoms with Crippen molar-refractivity contribution < 1.29 is 43.9 Å². The van der Waals surface area contributed by atoms with E-state index in [4.69, 9.17) is 4.74 Å². The van der Waals surface area contributed by atoms with Gasteiger partial charge in [0.2, 0.25) is 0 Å². The Morgan fingerprint density at radius 2 is 1.45 bits per heavy atom. The number of alkyl halides is 4. The zero-order valence-corrected chi connectivity index (χ0v) is 17.2. The molecular formula is C16H22F4NO6S2-. The Hall–Kier alpha value is -0.950. The van der Waals surface area contributed by atoms with Crippen molar-refractivity contribution >= 4 is 26.0 Å². The summed E-state index contributed by atoms with van der Waals surface area (Å²) < 4.78 is 107. The fourth-order valence-electron chi connectivity index (χ4n) is 5.34. The van der Waals surface area contributed by atoms with Crippen LogP contribution in [0.15, 0.2) is 0 Å². The van der Waals surface area contributed by atoms with Gasteiger partial charge in [-0.05, 0) is 56.3 Å². The van der Waals surface area contributed by atoms with E-state index >= 15 is 0 Å². The van der Waals surface area contributed by atoms with Gasteiger partial charge in [0, 0.05) is 6.26 Å². The van der Waals surface area contributed by atoms with E-state index in [0.717, 1.165) is 19.3 Å². The van der Waals surface area contributed by atoms with Gasteiger partial charge in [-0.2, -0.15) is 17.6 Å². The van der Waals surface area contributed by atoms with E-state index in [1.165, 1.54) is 0 Å². The van der Waals surface area contributed by atoms with Crippen LogP contribution in [0.5, 0.6) is 0 Å². The normalized spacial score (nSPS) is 32.4. The first kappa shape index (κ1) is 22.7. The Labute approximate surface area is 166 Å². The van der Waals surface area contributed by atoms with E-state index in [9.17, 15) is 39.2 Å². The maximum absolute atomic E-state index is 13.9. The summed E-state index contributed by atoms with van der Waals surface area (Å²) in [6.07, 6.45) is 3.25. The maximum Gasteiger partial charge on any atom is 0.391 e.